The lowest BCUT2D eigenvalue weighted by Gasteiger charge is -2.32. The number of carbonyl (C=O) groups is 1. The second-order valence-electron chi connectivity index (χ2n) is 6.23. The number of aromatic nitrogens is 1. The highest BCUT2D eigenvalue weighted by molar-refractivity contribution is 5.94. The van der Waals surface area contributed by atoms with E-state index in [0.717, 1.165) is 24.1 Å². The molecule has 1 atom stereocenters. The number of likely N-dealkylation sites (tertiary alicyclic amines) is 1. The lowest BCUT2D eigenvalue weighted by Crippen LogP contribution is -2.46. The molecule has 0 spiro atoms. The van der Waals surface area contributed by atoms with Crippen LogP contribution in [-0.2, 0) is 0 Å². The fourth-order valence-electron chi connectivity index (χ4n) is 3.40. The van der Waals surface area contributed by atoms with Gasteiger partial charge < -0.3 is 9.64 Å². The van der Waals surface area contributed by atoms with Gasteiger partial charge in [-0.3, -0.25) is 9.88 Å². The Bertz CT molecular complexity index is 800. The van der Waals surface area contributed by atoms with Gasteiger partial charge in [0.25, 0.3) is 0 Å². The standard InChI is InChI=1S/C18H17F2N3O2/c19-14-8-16-17(9-15(14)20)25-7-6-23(16)18(24)22-5-3-13(11-22)12-2-1-4-21-10-12/h1-2,4,8-10,13H,3,5-7,11H2. The molecule has 130 valence electrons. The first-order valence-corrected chi connectivity index (χ1v) is 8.21. The molecule has 1 aromatic heterocycles. The van der Waals surface area contributed by atoms with Crippen LogP contribution < -0.4 is 9.64 Å². The second-order valence-corrected chi connectivity index (χ2v) is 6.23. The SMILES string of the molecule is O=C(N1CCC(c2cccnc2)C1)N1CCOc2cc(F)c(F)cc21. The molecular weight excluding hydrogens is 328 g/mol. The number of hydrogen-bond donors (Lipinski definition) is 0. The van der Waals surface area contributed by atoms with Gasteiger partial charge in [0.15, 0.2) is 11.6 Å². The van der Waals surface area contributed by atoms with Crippen molar-refractivity contribution in [2.75, 3.05) is 31.1 Å². The largest absolute Gasteiger partial charge is 0.489 e. The van der Waals surface area contributed by atoms with Crippen LogP contribution in [0.1, 0.15) is 17.9 Å². The van der Waals surface area contributed by atoms with E-state index >= 15 is 0 Å². The Morgan fingerprint density at radius 1 is 1.24 bits per heavy atom. The molecule has 7 heteroatoms. The van der Waals surface area contributed by atoms with E-state index in [-0.39, 0.29) is 30.0 Å². The van der Waals surface area contributed by atoms with Gasteiger partial charge in [0.2, 0.25) is 0 Å². The Balaban J connectivity index is 1.54. The number of carbonyl (C=O) groups excluding carboxylic acids is 1. The van der Waals surface area contributed by atoms with Crippen LogP contribution in [0.2, 0.25) is 0 Å². The summed E-state index contributed by atoms with van der Waals surface area (Å²) >= 11 is 0. The van der Waals surface area contributed by atoms with Gasteiger partial charge in [-0.25, -0.2) is 13.6 Å². The van der Waals surface area contributed by atoms with Crippen LogP contribution in [0, 0.1) is 11.6 Å². The third-order valence-electron chi connectivity index (χ3n) is 4.71. The quantitative estimate of drug-likeness (QED) is 0.798. The number of ether oxygens (including phenoxy) is 1. The topological polar surface area (TPSA) is 45.7 Å². The van der Waals surface area contributed by atoms with Gasteiger partial charge in [-0.05, 0) is 18.1 Å². The maximum Gasteiger partial charge on any atom is 0.324 e. The van der Waals surface area contributed by atoms with E-state index in [2.05, 4.69) is 4.98 Å². The van der Waals surface area contributed by atoms with E-state index in [1.54, 1.807) is 11.1 Å². The lowest BCUT2D eigenvalue weighted by atomic mass is 10.0. The number of hydrogen-bond acceptors (Lipinski definition) is 3. The Kier molecular flexibility index (Phi) is 3.99. The van der Waals surface area contributed by atoms with Crippen molar-refractivity contribution in [3.05, 3.63) is 53.9 Å². The van der Waals surface area contributed by atoms with E-state index < -0.39 is 11.6 Å². The van der Waals surface area contributed by atoms with Gasteiger partial charge >= 0.3 is 6.03 Å². The normalized spacial score (nSPS) is 19.5. The van der Waals surface area contributed by atoms with E-state index in [1.807, 2.05) is 18.3 Å². The molecule has 2 aliphatic rings. The summed E-state index contributed by atoms with van der Waals surface area (Å²) in [6.45, 7) is 1.77. The maximum absolute atomic E-state index is 13.6. The van der Waals surface area contributed by atoms with E-state index in [0.29, 0.717) is 19.6 Å². The van der Waals surface area contributed by atoms with Crippen LogP contribution in [0.5, 0.6) is 5.75 Å². The summed E-state index contributed by atoms with van der Waals surface area (Å²) in [6.07, 6.45) is 4.40. The molecule has 1 aromatic carbocycles. The van der Waals surface area contributed by atoms with E-state index in [1.165, 1.54) is 4.90 Å². The van der Waals surface area contributed by atoms with Crippen molar-refractivity contribution in [2.24, 2.45) is 0 Å². The minimum atomic E-state index is -0.989. The Morgan fingerprint density at radius 3 is 2.88 bits per heavy atom. The van der Waals surface area contributed by atoms with E-state index in [4.69, 9.17) is 4.74 Å². The molecule has 0 radical (unpaired) electrons. The summed E-state index contributed by atoms with van der Waals surface area (Å²) in [6, 6.07) is 5.70. The summed E-state index contributed by atoms with van der Waals surface area (Å²) in [5.74, 6) is -1.54. The molecule has 0 bridgehead atoms. The Morgan fingerprint density at radius 2 is 2.08 bits per heavy atom. The smallest absolute Gasteiger partial charge is 0.324 e. The number of nitrogens with zero attached hydrogens (tertiary/aromatic N) is 3. The number of anilines is 1. The van der Waals surface area contributed by atoms with Crippen molar-refractivity contribution < 1.29 is 18.3 Å². The highest BCUT2D eigenvalue weighted by atomic mass is 19.2. The molecule has 25 heavy (non-hydrogen) atoms. The van der Waals surface area contributed by atoms with Crippen LogP contribution in [-0.4, -0.2) is 42.2 Å². The van der Waals surface area contributed by atoms with Crippen molar-refractivity contribution in [3.63, 3.8) is 0 Å². The van der Waals surface area contributed by atoms with Crippen molar-refractivity contribution in [3.8, 4) is 5.75 Å². The molecule has 0 aliphatic carbocycles. The van der Waals surface area contributed by atoms with Gasteiger partial charge in [0.05, 0.1) is 12.2 Å². The summed E-state index contributed by atoms with van der Waals surface area (Å²) in [4.78, 5) is 20.2. The average Bonchev–Trinajstić information content (AvgIpc) is 3.12. The second kappa shape index (κ2) is 6.31. The number of amides is 2. The number of pyridine rings is 1. The van der Waals surface area contributed by atoms with Crippen LogP contribution in [0.4, 0.5) is 19.3 Å². The molecule has 3 heterocycles. The molecule has 0 N–H and O–H groups in total. The van der Waals surface area contributed by atoms with Gasteiger partial charge in [-0.15, -0.1) is 0 Å². The predicted molar refractivity (Wildman–Crippen MR) is 87.8 cm³/mol. The zero-order valence-electron chi connectivity index (χ0n) is 13.5. The van der Waals surface area contributed by atoms with Crippen LogP contribution in [0.25, 0.3) is 0 Å². The zero-order chi connectivity index (χ0) is 17.4. The summed E-state index contributed by atoms with van der Waals surface area (Å²) in [5.41, 5.74) is 1.38. The molecule has 5 nitrogen and oxygen atoms in total. The summed E-state index contributed by atoms with van der Waals surface area (Å²) in [5, 5.41) is 0. The molecule has 1 saturated heterocycles. The van der Waals surface area contributed by atoms with Crippen LogP contribution in [0.3, 0.4) is 0 Å². The number of rotatable bonds is 1. The average molecular weight is 345 g/mol. The third-order valence-corrected chi connectivity index (χ3v) is 4.71. The summed E-state index contributed by atoms with van der Waals surface area (Å²) in [7, 11) is 0. The fraction of sp³-hybridized carbons (Fsp3) is 0.333. The first-order chi connectivity index (χ1) is 12.1. The molecule has 2 aliphatic heterocycles. The monoisotopic (exact) mass is 345 g/mol. The minimum absolute atomic E-state index is 0.196. The van der Waals surface area contributed by atoms with Crippen molar-refractivity contribution in [1.82, 2.24) is 9.88 Å². The van der Waals surface area contributed by atoms with Crippen LogP contribution >= 0.6 is 0 Å². The number of urea groups is 1. The molecule has 1 unspecified atom stereocenters. The Labute approximate surface area is 143 Å². The van der Waals surface area contributed by atoms with Gasteiger partial charge in [0.1, 0.15) is 12.4 Å². The maximum atomic E-state index is 13.6. The molecule has 4 rings (SSSR count). The summed E-state index contributed by atoms with van der Waals surface area (Å²) < 4.78 is 32.4. The molecule has 0 saturated carbocycles. The highest BCUT2D eigenvalue weighted by Gasteiger charge is 2.33. The molecule has 2 aromatic rings. The first kappa shape index (κ1) is 15.8. The van der Waals surface area contributed by atoms with Crippen molar-refractivity contribution >= 4 is 11.7 Å². The minimum Gasteiger partial charge on any atom is -0.489 e. The first-order valence-electron chi connectivity index (χ1n) is 8.21. The van der Waals surface area contributed by atoms with Gasteiger partial charge in [-0.1, -0.05) is 6.07 Å². The zero-order valence-corrected chi connectivity index (χ0v) is 13.5. The Hall–Kier alpha value is -2.70. The fourth-order valence-corrected chi connectivity index (χ4v) is 3.40. The third kappa shape index (κ3) is 2.90. The predicted octanol–water partition coefficient (Wildman–Crippen LogP) is 3.17. The number of benzene rings is 1. The molecule has 2 amide bonds. The van der Waals surface area contributed by atoms with Crippen molar-refractivity contribution in [2.45, 2.75) is 12.3 Å². The van der Waals surface area contributed by atoms with Crippen LogP contribution in [0.15, 0.2) is 36.7 Å². The van der Waals surface area contributed by atoms with Gasteiger partial charge in [-0.2, -0.15) is 0 Å². The van der Waals surface area contributed by atoms with Gasteiger partial charge in [0, 0.05) is 43.5 Å². The number of halogens is 2. The lowest BCUT2D eigenvalue weighted by molar-refractivity contribution is 0.209. The highest BCUT2D eigenvalue weighted by Crippen LogP contribution is 2.35. The number of fused-ring (bicyclic) bond motifs is 1. The molecular formula is C18H17F2N3O2. The van der Waals surface area contributed by atoms with E-state index in [9.17, 15) is 13.6 Å². The molecule has 1 fully saturated rings. The van der Waals surface area contributed by atoms with Crippen molar-refractivity contribution in [1.29, 1.82) is 0 Å².